The van der Waals surface area contributed by atoms with E-state index in [9.17, 15) is 24.5 Å². The lowest BCUT2D eigenvalue weighted by Crippen LogP contribution is -2.31. The van der Waals surface area contributed by atoms with E-state index in [1.165, 1.54) is 17.0 Å². The fourth-order valence-corrected chi connectivity index (χ4v) is 4.07. The summed E-state index contributed by atoms with van der Waals surface area (Å²) in [6.07, 6.45) is -0.539. The molecule has 8 heteroatoms. The van der Waals surface area contributed by atoms with Gasteiger partial charge in [-0.3, -0.25) is 24.5 Å². The molecule has 1 saturated heterocycles. The summed E-state index contributed by atoms with van der Waals surface area (Å²) < 4.78 is 5.52. The Kier molecular flexibility index (Phi) is 7.01. The normalized spacial score (nSPS) is 16.1. The van der Waals surface area contributed by atoms with Gasteiger partial charge in [-0.25, -0.2) is 0 Å². The Hall–Kier alpha value is -4.33. The van der Waals surface area contributed by atoms with Crippen LogP contribution < -0.4 is 4.90 Å². The molecule has 3 aromatic rings. The number of carbonyl (C=O) groups is 3. The van der Waals surface area contributed by atoms with Gasteiger partial charge in [0, 0.05) is 36.3 Å². The topological polar surface area (TPSA) is 107 Å². The molecule has 2 atom stereocenters. The predicted molar refractivity (Wildman–Crippen MR) is 130 cm³/mol. The Morgan fingerprint density at radius 3 is 2.17 bits per heavy atom. The van der Waals surface area contributed by atoms with Gasteiger partial charge >= 0.3 is 5.97 Å². The molecule has 1 heterocycles. The summed E-state index contributed by atoms with van der Waals surface area (Å²) in [6.45, 7) is 1.95. The van der Waals surface area contributed by atoms with Crippen LogP contribution in [0.2, 0.25) is 0 Å². The molecule has 1 amide bonds. The average molecular weight is 472 g/mol. The fraction of sp³-hybridized carbons (Fsp3) is 0.222. The highest BCUT2D eigenvalue weighted by Gasteiger charge is 2.37. The Morgan fingerprint density at radius 1 is 1.00 bits per heavy atom. The van der Waals surface area contributed by atoms with Gasteiger partial charge in [-0.2, -0.15) is 0 Å². The SMILES string of the molecule is CC[C@@H](OC(=O)[C@H]1CC(=O)N(c2ccc(-c3ccc([N+](=O)[O-])cc3)cc2)C1)C(=O)c1ccccc1. The van der Waals surface area contributed by atoms with Crippen LogP contribution >= 0.6 is 0 Å². The highest BCUT2D eigenvalue weighted by Crippen LogP contribution is 2.29. The molecular formula is C27H24N2O6. The number of carbonyl (C=O) groups excluding carboxylic acids is 3. The van der Waals surface area contributed by atoms with Crippen LogP contribution in [-0.4, -0.2) is 35.2 Å². The van der Waals surface area contributed by atoms with Gasteiger partial charge in [0.1, 0.15) is 0 Å². The first-order valence-electron chi connectivity index (χ1n) is 11.3. The minimum Gasteiger partial charge on any atom is -0.454 e. The Balaban J connectivity index is 1.41. The van der Waals surface area contributed by atoms with Crippen LogP contribution in [0.4, 0.5) is 11.4 Å². The van der Waals surface area contributed by atoms with Crippen LogP contribution in [0.1, 0.15) is 30.1 Å². The molecule has 0 radical (unpaired) electrons. The summed E-state index contributed by atoms with van der Waals surface area (Å²) in [7, 11) is 0. The second-order valence-electron chi connectivity index (χ2n) is 8.32. The van der Waals surface area contributed by atoms with Crippen molar-refractivity contribution in [2.75, 3.05) is 11.4 Å². The highest BCUT2D eigenvalue weighted by molar-refractivity contribution is 6.02. The van der Waals surface area contributed by atoms with E-state index in [1.54, 1.807) is 61.5 Å². The molecule has 0 spiro atoms. The molecule has 0 bridgehead atoms. The summed E-state index contributed by atoms with van der Waals surface area (Å²) in [5, 5.41) is 10.8. The van der Waals surface area contributed by atoms with Gasteiger partial charge in [0.15, 0.2) is 6.10 Å². The molecule has 1 aliphatic rings. The van der Waals surface area contributed by atoms with E-state index >= 15 is 0 Å². The van der Waals surface area contributed by atoms with E-state index < -0.39 is 22.9 Å². The smallest absolute Gasteiger partial charge is 0.312 e. The van der Waals surface area contributed by atoms with E-state index in [1.807, 2.05) is 12.1 Å². The first-order valence-corrected chi connectivity index (χ1v) is 11.3. The number of ketones is 1. The predicted octanol–water partition coefficient (Wildman–Crippen LogP) is 4.82. The summed E-state index contributed by atoms with van der Waals surface area (Å²) in [4.78, 5) is 50.0. The molecule has 0 N–H and O–H groups in total. The lowest BCUT2D eigenvalue weighted by molar-refractivity contribution is -0.384. The second kappa shape index (κ2) is 10.3. The number of ether oxygens (including phenoxy) is 1. The maximum absolute atomic E-state index is 12.8. The summed E-state index contributed by atoms with van der Waals surface area (Å²) in [6, 6.07) is 22.1. The number of anilines is 1. The van der Waals surface area contributed by atoms with Crippen molar-refractivity contribution < 1.29 is 24.0 Å². The molecule has 0 aromatic heterocycles. The summed E-state index contributed by atoms with van der Waals surface area (Å²) in [5.74, 6) is -1.67. The maximum Gasteiger partial charge on any atom is 0.312 e. The number of hydrogen-bond donors (Lipinski definition) is 0. The van der Waals surface area contributed by atoms with Gasteiger partial charge in [0.05, 0.1) is 10.8 Å². The largest absolute Gasteiger partial charge is 0.454 e. The third kappa shape index (κ3) is 5.27. The summed E-state index contributed by atoms with van der Waals surface area (Å²) >= 11 is 0. The molecule has 3 aromatic carbocycles. The molecule has 1 fully saturated rings. The van der Waals surface area contributed by atoms with E-state index in [0.717, 1.165) is 11.1 Å². The minimum atomic E-state index is -0.893. The number of hydrogen-bond acceptors (Lipinski definition) is 6. The summed E-state index contributed by atoms with van der Waals surface area (Å²) in [5.41, 5.74) is 2.79. The van der Waals surface area contributed by atoms with Crippen LogP contribution in [0.5, 0.6) is 0 Å². The van der Waals surface area contributed by atoms with Crippen molar-refractivity contribution in [3.05, 3.63) is 94.5 Å². The maximum atomic E-state index is 12.8. The van der Waals surface area contributed by atoms with Gasteiger partial charge in [-0.1, -0.05) is 49.4 Å². The molecular weight excluding hydrogens is 448 g/mol. The van der Waals surface area contributed by atoms with Crippen LogP contribution in [-0.2, 0) is 14.3 Å². The molecule has 8 nitrogen and oxygen atoms in total. The number of benzene rings is 3. The quantitative estimate of drug-likeness (QED) is 0.201. The molecule has 4 rings (SSSR count). The van der Waals surface area contributed by atoms with Crippen molar-refractivity contribution in [2.24, 2.45) is 5.92 Å². The lowest BCUT2D eigenvalue weighted by atomic mass is 10.0. The van der Waals surface area contributed by atoms with Crippen LogP contribution in [0.25, 0.3) is 11.1 Å². The number of esters is 1. The minimum absolute atomic E-state index is 0.0128. The highest BCUT2D eigenvalue weighted by atomic mass is 16.6. The third-order valence-corrected chi connectivity index (χ3v) is 6.03. The number of non-ortho nitro benzene ring substituents is 1. The lowest BCUT2D eigenvalue weighted by Gasteiger charge is -2.19. The fourth-order valence-electron chi connectivity index (χ4n) is 4.07. The Labute approximate surface area is 202 Å². The van der Waals surface area contributed by atoms with Gasteiger partial charge < -0.3 is 9.64 Å². The molecule has 0 saturated carbocycles. The number of nitro benzene ring substituents is 1. The average Bonchev–Trinajstić information content (AvgIpc) is 3.29. The Morgan fingerprint density at radius 2 is 1.60 bits per heavy atom. The zero-order valence-electron chi connectivity index (χ0n) is 19.1. The zero-order valence-corrected chi connectivity index (χ0v) is 19.1. The number of nitrogens with zero attached hydrogens (tertiary/aromatic N) is 2. The van der Waals surface area contributed by atoms with E-state index in [4.69, 9.17) is 4.74 Å². The van der Waals surface area contributed by atoms with E-state index in [-0.39, 0.29) is 30.3 Å². The van der Waals surface area contributed by atoms with Crippen LogP contribution in [0.15, 0.2) is 78.9 Å². The standard InChI is InChI=1S/C27H24N2O6/c1-2-24(26(31)20-6-4-3-5-7-20)35-27(32)21-16-25(30)28(17-21)22-12-8-18(9-13-22)19-10-14-23(15-11-19)29(33)34/h3-15,21,24H,2,16-17H2,1H3/t21-,24+/m0/s1. The van der Waals surface area contributed by atoms with Gasteiger partial charge in [0.2, 0.25) is 11.7 Å². The van der Waals surface area contributed by atoms with E-state index in [2.05, 4.69) is 0 Å². The van der Waals surface area contributed by atoms with E-state index in [0.29, 0.717) is 17.7 Å². The van der Waals surface area contributed by atoms with Crippen molar-refractivity contribution >= 4 is 29.0 Å². The van der Waals surface area contributed by atoms with Crippen molar-refractivity contribution in [3.63, 3.8) is 0 Å². The first-order chi connectivity index (χ1) is 16.9. The molecule has 178 valence electrons. The monoisotopic (exact) mass is 472 g/mol. The van der Waals surface area contributed by atoms with Crippen LogP contribution in [0, 0.1) is 16.0 Å². The number of amides is 1. The number of rotatable bonds is 8. The van der Waals surface area contributed by atoms with Crippen molar-refractivity contribution in [1.29, 1.82) is 0 Å². The van der Waals surface area contributed by atoms with Crippen molar-refractivity contribution in [3.8, 4) is 11.1 Å². The van der Waals surface area contributed by atoms with Gasteiger partial charge in [-0.15, -0.1) is 0 Å². The van der Waals surface area contributed by atoms with Crippen molar-refractivity contribution in [1.82, 2.24) is 0 Å². The molecule has 1 aliphatic heterocycles. The zero-order chi connectivity index (χ0) is 24.9. The number of nitro groups is 1. The number of Topliss-reactive ketones (excluding diaryl/α,β-unsaturated/α-hetero) is 1. The Bertz CT molecular complexity index is 1240. The molecule has 0 aliphatic carbocycles. The van der Waals surface area contributed by atoms with Crippen LogP contribution in [0.3, 0.4) is 0 Å². The second-order valence-corrected chi connectivity index (χ2v) is 8.32. The molecule has 0 unspecified atom stereocenters. The third-order valence-electron chi connectivity index (χ3n) is 6.03. The van der Waals surface area contributed by atoms with Gasteiger partial charge in [-0.05, 0) is 41.8 Å². The first kappa shape index (κ1) is 23.8. The van der Waals surface area contributed by atoms with Crippen molar-refractivity contribution in [2.45, 2.75) is 25.9 Å². The molecule has 35 heavy (non-hydrogen) atoms. The van der Waals surface area contributed by atoms with Gasteiger partial charge in [0.25, 0.3) is 5.69 Å².